The van der Waals surface area contributed by atoms with Crippen molar-refractivity contribution in [2.75, 3.05) is 32.6 Å². The van der Waals surface area contributed by atoms with Crippen LogP contribution < -0.4 is 0 Å². The maximum atomic E-state index is 12.2. The molecule has 0 bridgehead atoms. The number of carbonyl (C=O) groups excluding carboxylic acids is 1. The topological polar surface area (TPSA) is 101 Å². The van der Waals surface area contributed by atoms with E-state index in [-0.39, 0.29) is 18.2 Å². The molecule has 0 spiro atoms. The lowest BCUT2D eigenvalue weighted by Gasteiger charge is -2.29. The maximum absolute atomic E-state index is 12.2. The zero-order chi connectivity index (χ0) is 15.6. The van der Waals surface area contributed by atoms with Gasteiger partial charge in [-0.05, 0) is 18.8 Å². The Labute approximate surface area is 124 Å². The van der Waals surface area contributed by atoms with E-state index in [4.69, 9.17) is 4.74 Å². The molecule has 1 saturated carbocycles. The molecule has 0 radical (unpaired) electrons. The SMILES string of the molecule is CS(=O)(=O)C(C1CC1)C(CC(=O)N1CCOCC1)C(=O)O. The van der Waals surface area contributed by atoms with Crippen molar-refractivity contribution < 1.29 is 27.9 Å². The Morgan fingerprint density at radius 3 is 2.29 bits per heavy atom. The van der Waals surface area contributed by atoms with Gasteiger partial charge in [0.05, 0.1) is 24.4 Å². The van der Waals surface area contributed by atoms with Gasteiger partial charge in [0.1, 0.15) is 0 Å². The molecule has 1 aliphatic heterocycles. The lowest BCUT2D eigenvalue weighted by Crippen LogP contribution is -2.44. The highest BCUT2D eigenvalue weighted by atomic mass is 32.2. The van der Waals surface area contributed by atoms with Gasteiger partial charge >= 0.3 is 5.97 Å². The fourth-order valence-electron chi connectivity index (χ4n) is 2.88. The van der Waals surface area contributed by atoms with E-state index in [1.54, 1.807) is 4.90 Å². The van der Waals surface area contributed by atoms with Gasteiger partial charge in [0.2, 0.25) is 5.91 Å². The average Bonchev–Trinajstić information content (AvgIpc) is 3.21. The highest BCUT2D eigenvalue weighted by molar-refractivity contribution is 7.91. The van der Waals surface area contributed by atoms with Gasteiger partial charge in [0.25, 0.3) is 0 Å². The van der Waals surface area contributed by atoms with Gasteiger partial charge in [0.15, 0.2) is 9.84 Å². The minimum atomic E-state index is -3.50. The Kier molecular flexibility index (Phi) is 4.88. The molecule has 2 fully saturated rings. The first-order valence-electron chi connectivity index (χ1n) is 7.08. The third kappa shape index (κ3) is 4.16. The summed E-state index contributed by atoms with van der Waals surface area (Å²) in [4.78, 5) is 25.2. The summed E-state index contributed by atoms with van der Waals surface area (Å²) >= 11 is 0. The maximum Gasteiger partial charge on any atom is 0.308 e. The lowest BCUT2D eigenvalue weighted by atomic mass is 9.97. The van der Waals surface area contributed by atoms with Crippen LogP contribution in [0.25, 0.3) is 0 Å². The van der Waals surface area contributed by atoms with Crippen molar-refractivity contribution in [2.24, 2.45) is 11.8 Å². The summed E-state index contributed by atoms with van der Waals surface area (Å²) in [5, 5.41) is 8.41. The van der Waals surface area contributed by atoms with Crippen molar-refractivity contribution in [3.63, 3.8) is 0 Å². The van der Waals surface area contributed by atoms with Crippen LogP contribution in [0.4, 0.5) is 0 Å². The first-order chi connectivity index (χ1) is 9.80. The molecule has 1 N–H and O–H groups in total. The Balaban J connectivity index is 2.11. The van der Waals surface area contributed by atoms with Crippen LogP contribution in [0.3, 0.4) is 0 Å². The van der Waals surface area contributed by atoms with E-state index in [0.717, 1.165) is 6.26 Å². The number of carbonyl (C=O) groups is 2. The van der Waals surface area contributed by atoms with E-state index in [0.29, 0.717) is 39.1 Å². The monoisotopic (exact) mass is 319 g/mol. The van der Waals surface area contributed by atoms with Crippen molar-refractivity contribution >= 4 is 21.7 Å². The fraction of sp³-hybridized carbons (Fsp3) is 0.846. The molecule has 8 heteroatoms. The number of carboxylic acids is 1. The minimum Gasteiger partial charge on any atom is -0.481 e. The molecule has 7 nitrogen and oxygen atoms in total. The molecular formula is C13H21NO6S. The van der Waals surface area contributed by atoms with Crippen LogP contribution in [-0.2, 0) is 24.2 Å². The molecule has 120 valence electrons. The van der Waals surface area contributed by atoms with Crippen molar-refractivity contribution in [2.45, 2.75) is 24.5 Å². The van der Waals surface area contributed by atoms with Gasteiger partial charge in [-0.25, -0.2) is 8.42 Å². The van der Waals surface area contributed by atoms with Crippen molar-refractivity contribution in [1.82, 2.24) is 4.90 Å². The zero-order valence-electron chi connectivity index (χ0n) is 12.0. The molecule has 2 aliphatic rings. The first-order valence-corrected chi connectivity index (χ1v) is 9.03. The van der Waals surface area contributed by atoms with Crippen LogP contribution in [-0.4, -0.2) is 68.1 Å². The third-order valence-electron chi connectivity index (χ3n) is 4.05. The molecule has 1 heterocycles. The Morgan fingerprint density at radius 1 is 1.29 bits per heavy atom. The van der Waals surface area contributed by atoms with Crippen LogP contribution >= 0.6 is 0 Å². The third-order valence-corrected chi connectivity index (χ3v) is 5.76. The molecular weight excluding hydrogens is 298 g/mol. The van der Waals surface area contributed by atoms with Crippen molar-refractivity contribution in [1.29, 1.82) is 0 Å². The molecule has 2 rings (SSSR count). The molecule has 21 heavy (non-hydrogen) atoms. The first kappa shape index (κ1) is 16.2. The number of amides is 1. The van der Waals surface area contributed by atoms with Crippen molar-refractivity contribution in [3.8, 4) is 0 Å². The van der Waals surface area contributed by atoms with Gasteiger partial charge < -0.3 is 14.7 Å². The number of hydrogen-bond acceptors (Lipinski definition) is 5. The summed E-state index contributed by atoms with van der Waals surface area (Å²) < 4.78 is 29.0. The highest BCUT2D eigenvalue weighted by Gasteiger charge is 2.46. The predicted octanol–water partition coefficient (Wildman–Crippen LogP) is -0.241. The van der Waals surface area contributed by atoms with Crippen LogP contribution in [0.5, 0.6) is 0 Å². The van der Waals surface area contributed by atoms with E-state index < -0.39 is 27.0 Å². The second kappa shape index (κ2) is 6.31. The number of rotatable bonds is 6. The summed E-state index contributed by atoms with van der Waals surface area (Å²) in [6.07, 6.45) is 2.23. The Morgan fingerprint density at radius 2 is 1.86 bits per heavy atom. The van der Waals surface area contributed by atoms with Gasteiger partial charge in [-0.2, -0.15) is 0 Å². The molecule has 2 atom stereocenters. The minimum absolute atomic E-state index is 0.126. The number of hydrogen-bond donors (Lipinski definition) is 1. The molecule has 2 unspecified atom stereocenters. The number of morpholine rings is 1. The number of nitrogens with zero attached hydrogens (tertiary/aromatic N) is 1. The second-order valence-corrected chi connectivity index (χ2v) is 7.98. The fourth-order valence-corrected chi connectivity index (χ4v) is 4.66. The number of carboxylic acid groups (broad SMARTS) is 1. The number of aliphatic carboxylic acids is 1. The summed E-state index contributed by atoms with van der Waals surface area (Å²) in [5.41, 5.74) is 0. The van der Waals surface area contributed by atoms with E-state index in [9.17, 15) is 23.1 Å². The molecule has 0 aromatic carbocycles. The summed E-state index contributed by atoms with van der Waals surface area (Å²) in [6, 6.07) is 0. The second-order valence-electron chi connectivity index (χ2n) is 5.77. The smallest absolute Gasteiger partial charge is 0.308 e. The molecule has 0 aromatic heterocycles. The largest absolute Gasteiger partial charge is 0.481 e. The predicted molar refractivity (Wildman–Crippen MR) is 74.5 cm³/mol. The van der Waals surface area contributed by atoms with Crippen molar-refractivity contribution in [3.05, 3.63) is 0 Å². The molecule has 1 saturated heterocycles. The van der Waals surface area contributed by atoms with Gasteiger partial charge in [-0.15, -0.1) is 0 Å². The van der Waals surface area contributed by atoms with Crippen LogP contribution in [0.15, 0.2) is 0 Å². The van der Waals surface area contributed by atoms with Crippen LogP contribution in [0.2, 0.25) is 0 Å². The summed E-state index contributed by atoms with van der Waals surface area (Å²) in [6.45, 7) is 1.72. The average molecular weight is 319 g/mol. The van der Waals surface area contributed by atoms with E-state index >= 15 is 0 Å². The number of sulfone groups is 1. The van der Waals surface area contributed by atoms with Gasteiger partial charge in [0, 0.05) is 25.8 Å². The van der Waals surface area contributed by atoms with Crippen LogP contribution in [0.1, 0.15) is 19.3 Å². The molecule has 1 aliphatic carbocycles. The number of ether oxygens (including phenoxy) is 1. The quantitative estimate of drug-likeness (QED) is 0.725. The van der Waals surface area contributed by atoms with Gasteiger partial charge in [-0.3, -0.25) is 9.59 Å². The Bertz CT molecular complexity index is 507. The normalized spacial score (nSPS) is 22.6. The molecule has 1 amide bonds. The summed E-state index contributed by atoms with van der Waals surface area (Å²) in [5.74, 6) is -2.81. The van der Waals surface area contributed by atoms with E-state index in [2.05, 4.69) is 0 Å². The Hall–Kier alpha value is -1.15. The molecule has 0 aromatic rings. The van der Waals surface area contributed by atoms with Gasteiger partial charge in [-0.1, -0.05) is 0 Å². The standard InChI is InChI=1S/C13H21NO6S/c1-21(18,19)12(9-2-3-9)10(13(16)17)8-11(15)14-4-6-20-7-5-14/h9-10,12H,2-8H2,1H3,(H,16,17). The van der Waals surface area contributed by atoms with E-state index in [1.165, 1.54) is 0 Å². The van der Waals surface area contributed by atoms with Crippen LogP contribution in [0, 0.1) is 11.8 Å². The zero-order valence-corrected chi connectivity index (χ0v) is 12.8. The highest BCUT2D eigenvalue weighted by Crippen LogP contribution is 2.40. The lowest BCUT2D eigenvalue weighted by molar-refractivity contribution is -0.147. The van der Waals surface area contributed by atoms with E-state index in [1.807, 2.05) is 0 Å². The summed E-state index contributed by atoms with van der Waals surface area (Å²) in [7, 11) is -3.50.